The van der Waals surface area contributed by atoms with Crippen molar-refractivity contribution in [2.75, 3.05) is 40.6 Å². The maximum absolute atomic E-state index is 10.9. The Bertz CT molecular complexity index is 277. The quantitative estimate of drug-likeness (QED) is 0.496. The summed E-state index contributed by atoms with van der Waals surface area (Å²) in [6.07, 6.45) is 0.946. The van der Waals surface area contributed by atoms with Crippen LogP contribution in [0.2, 0.25) is 0 Å². The Labute approximate surface area is 151 Å². The van der Waals surface area contributed by atoms with Crippen molar-refractivity contribution >= 4 is 11.9 Å². The summed E-state index contributed by atoms with van der Waals surface area (Å²) in [6.45, 7) is 5.04. The van der Waals surface area contributed by atoms with Gasteiger partial charge in [0.15, 0.2) is 0 Å². The summed E-state index contributed by atoms with van der Waals surface area (Å²) >= 11 is 0. The standard InChI is InChI=1S/C9H16O5.C7H16O3.CH4/c1-4-14-7(5-8(10)12-2)6-9(11)13-3;1-2-10-7(3-5-8)4-6-9;/h7H,4-6H2,1-3H3;7-9H,2-6H2,1H3;1H4. The van der Waals surface area contributed by atoms with E-state index in [1.165, 1.54) is 14.2 Å². The number of carbonyl (C=O) groups is 2. The van der Waals surface area contributed by atoms with Crippen molar-refractivity contribution in [1.29, 1.82) is 0 Å². The molecular formula is C17H36O8. The van der Waals surface area contributed by atoms with E-state index in [-0.39, 0.29) is 39.6 Å². The number of carbonyl (C=O) groups excluding carboxylic acids is 2. The van der Waals surface area contributed by atoms with Crippen molar-refractivity contribution in [3.05, 3.63) is 0 Å². The zero-order valence-corrected chi connectivity index (χ0v) is 15.2. The van der Waals surface area contributed by atoms with E-state index < -0.39 is 18.0 Å². The summed E-state index contributed by atoms with van der Waals surface area (Å²) in [4.78, 5) is 21.8. The van der Waals surface area contributed by atoms with E-state index in [0.29, 0.717) is 26.1 Å². The lowest BCUT2D eigenvalue weighted by Crippen LogP contribution is -2.22. The van der Waals surface area contributed by atoms with E-state index in [9.17, 15) is 9.59 Å². The van der Waals surface area contributed by atoms with Crippen molar-refractivity contribution in [3.8, 4) is 0 Å². The van der Waals surface area contributed by atoms with E-state index >= 15 is 0 Å². The second kappa shape index (κ2) is 20.8. The minimum absolute atomic E-state index is 0. The van der Waals surface area contributed by atoms with Crippen molar-refractivity contribution in [2.45, 2.75) is 59.2 Å². The first-order chi connectivity index (χ1) is 11.5. The Morgan fingerprint density at radius 2 is 1.16 bits per heavy atom. The molecule has 0 aliphatic heterocycles. The molecule has 0 amide bonds. The van der Waals surface area contributed by atoms with Crippen LogP contribution >= 0.6 is 0 Å². The topological polar surface area (TPSA) is 112 Å². The Morgan fingerprint density at radius 1 is 0.800 bits per heavy atom. The maximum Gasteiger partial charge on any atom is 0.308 e. The number of rotatable bonds is 12. The Kier molecular flexibility index (Phi) is 23.8. The van der Waals surface area contributed by atoms with Gasteiger partial charge in [-0.2, -0.15) is 0 Å². The molecule has 8 heteroatoms. The summed E-state index contributed by atoms with van der Waals surface area (Å²) in [5.74, 6) is -0.792. The van der Waals surface area contributed by atoms with E-state index in [0.717, 1.165) is 0 Å². The van der Waals surface area contributed by atoms with Crippen LogP contribution < -0.4 is 0 Å². The molecule has 0 aromatic rings. The molecule has 0 aromatic heterocycles. The predicted molar refractivity (Wildman–Crippen MR) is 94.2 cm³/mol. The third-order valence-corrected chi connectivity index (χ3v) is 2.95. The van der Waals surface area contributed by atoms with Crippen molar-refractivity contribution < 1.29 is 38.7 Å². The summed E-state index contributed by atoms with van der Waals surface area (Å²) in [5.41, 5.74) is 0. The van der Waals surface area contributed by atoms with Crippen LogP contribution in [0.3, 0.4) is 0 Å². The lowest BCUT2D eigenvalue weighted by atomic mass is 10.2. The zero-order chi connectivity index (χ0) is 18.8. The summed E-state index contributed by atoms with van der Waals surface area (Å²) in [6, 6.07) is 0. The molecule has 2 N–H and O–H groups in total. The molecule has 0 aromatic carbocycles. The highest BCUT2D eigenvalue weighted by molar-refractivity contribution is 5.73. The summed E-state index contributed by atoms with van der Waals surface area (Å²) in [5, 5.41) is 17.1. The normalized spacial score (nSPS) is 9.92. The van der Waals surface area contributed by atoms with Gasteiger partial charge in [-0.15, -0.1) is 0 Å². The largest absolute Gasteiger partial charge is 0.469 e. The van der Waals surface area contributed by atoms with Crippen LogP contribution in [0.5, 0.6) is 0 Å². The van der Waals surface area contributed by atoms with Crippen LogP contribution in [0.15, 0.2) is 0 Å². The van der Waals surface area contributed by atoms with Gasteiger partial charge in [0.25, 0.3) is 0 Å². The smallest absolute Gasteiger partial charge is 0.308 e. The molecule has 0 unspecified atom stereocenters. The van der Waals surface area contributed by atoms with Crippen LogP contribution in [-0.4, -0.2) is 75.0 Å². The average molecular weight is 368 g/mol. The van der Waals surface area contributed by atoms with Crippen molar-refractivity contribution in [1.82, 2.24) is 0 Å². The molecule has 0 fully saturated rings. The lowest BCUT2D eigenvalue weighted by Gasteiger charge is -2.13. The second-order valence-electron chi connectivity index (χ2n) is 4.74. The summed E-state index contributed by atoms with van der Waals surface area (Å²) < 4.78 is 19.3. The van der Waals surface area contributed by atoms with Crippen molar-refractivity contribution in [3.63, 3.8) is 0 Å². The molecule has 0 aliphatic carbocycles. The van der Waals surface area contributed by atoms with Gasteiger partial charge >= 0.3 is 11.9 Å². The molecule has 0 saturated carbocycles. The van der Waals surface area contributed by atoms with Gasteiger partial charge in [-0.25, -0.2) is 0 Å². The first kappa shape index (κ1) is 28.6. The molecular weight excluding hydrogens is 332 g/mol. The second-order valence-corrected chi connectivity index (χ2v) is 4.74. The Balaban J connectivity index is -0.000000392. The van der Waals surface area contributed by atoms with Gasteiger partial charge in [-0.1, -0.05) is 7.43 Å². The molecule has 0 saturated heterocycles. The van der Waals surface area contributed by atoms with Gasteiger partial charge in [0.2, 0.25) is 0 Å². The third-order valence-electron chi connectivity index (χ3n) is 2.95. The average Bonchev–Trinajstić information content (AvgIpc) is 2.56. The Hall–Kier alpha value is -1.22. The first-order valence-corrected chi connectivity index (χ1v) is 8.07. The fraction of sp³-hybridized carbons (Fsp3) is 0.882. The van der Waals surface area contributed by atoms with Crippen LogP contribution in [0, 0.1) is 0 Å². The predicted octanol–water partition coefficient (Wildman–Crippen LogP) is 1.31. The third kappa shape index (κ3) is 19.0. The molecule has 0 atom stereocenters. The van der Waals surface area contributed by atoms with E-state index in [2.05, 4.69) is 9.47 Å². The number of ether oxygens (including phenoxy) is 4. The molecule has 0 aliphatic rings. The number of hydrogen-bond acceptors (Lipinski definition) is 8. The van der Waals surface area contributed by atoms with Gasteiger partial charge in [0.05, 0.1) is 39.3 Å². The van der Waals surface area contributed by atoms with Crippen LogP contribution in [0.1, 0.15) is 47.0 Å². The molecule has 0 spiro atoms. The highest BCUT2D eigenvalue weighted by Gasteiger charge is 2.18. The van der Waals surface area contributed by atoms with Crippen LogP contribution in [0.4, 0.5) is 0 Å². The SMILES string of the molecule is C.CCOC(CC(=O)OC)CC(=O)OC.CCOC(CCO)CCO. The van der Waals surface area contributed by atoms with Gasteiger partial charge in [0.1, 0.15) is 0 Å². The highest BCUT2D eigenvalue weighted by atomic mass is 16.5. The highest BCUT2D eigenvalue weighted by Crippen LogP contribution is 2.06. The molecule has 152 valence electrons. The van der Waals surface area contributed by atoms with Gasteiger partial charge in [0, 0.05) is 26.4 Å². The van der Waals surface area contributed by atoms with E-state index in [1.54, 1.807) is 6.92 Å². The number of methoxy groups -OCH3 is 2. The maximum atomic E-state index is 10.9. The zero-order valence-electron chi connectivity index (χ0n) is 15.2. The fourth-order valence-electron chi connectivity index (χ4n) is 1.80. The number of esters is 2. The fourth-order valence-corrected chi connectivity index (χ4v) is 1.80. The van der Waals surface area contributed by atoms with Gasteiger partial charge in [-0.3, -0.25) is 9.59 Å². The minimum atomic E-state index is -0.458. The minimum Gasteiger partial charge on any atom is -0.469 e. The molecule has 25 heavy (non-hydrogen) atoms. The van der Waals surface area contributed by atoms with Crippen molar-refractivity contribution in [2.24, 2.45) is 0 Å². The molecule has 0 bridgehead atoms. The number of aliphatic hydroxyl groups is 2. The van der Waals surface area contributed by atoms with E-state index in [1.807, 2.05) is 6.92 Å². The summed E-state index contributed by atoms with van der Waals surface area (Å²) in [7, 11) is 2.59. The lowest BCUT2D eigenvalue weighted by molar-refractivity contribution is -0.148. The van der Waals surface area contributed by atoms with Crippen LogP contribution in [0.25, 0.3) is 0 Å². The molecule has 0 rings (SSSR count). The first-order valence-electron chi connectivity index (χ1n) is 8.07. The molecule has 0 heterocycles. The number of hydrogen-bond donors (Lipinski definition) is 2. The van der Waals surface area contributed by atoms with Gasteiger partial charge < -0.3 is 29.2 Å². The molecule has 8 nitrogen and oxygen atoms in total. The number of aliphatic hydroxyl groups excluding tert-OH is 2. The molecule has 0 radical (unpaired) electrons. The Morgan fingerprint density at radius 3 is 1.44 bits per heavy atom. The van der Waals surface area contributed by atoms with Crippen LogP contribution in [-0.2, 0) is 28.5 Å². The van der Waals surface area contributed by atoms with E-state index in [4.69, 9.17) is 19.7 Å². The monoisotopic (exact) mass is 368 g/mol. The van der Waals surface area contributed by atoms with Gasteiger partial charge in [-0.05, 0) is 26.7 Å².